The molecular formula is C7H11NO. The van der Waals surface area contributed by atoms with Gasteiger partial charge in [-0.05, 0) is 12.8 Å². The van der Waals surface area contributed by atoms with Crippen molar-refractivity contribution in [3.05, 3.63) is 0 Å². The summed E-state index contributed by atoms with van der Waals surface area (Å²) in [5.41, 5.74) is 0.361. The maximum Gasteiger partial charge on any atom is 0.111 e. The monoisotopic (exact) mass is 125 g/mol. The van der Waals surface area contributed by atoms with E-state index in [1.165, 1.54) is 19.4 Å². The van der Waals surface area contributed by atoms with Gasteiger partial charge in [0.1, 0.15) is 5.60 Å². The lowest BCUT2D eigenvalue weighted by Crippen LogP contribution is -2.19. The number of rotatable bonds is 0. The van der Waals surface area contributed by atoms with Gasteiger partial charge in [-0.3, -0.25) is 0 Å². The van der Waals surface area contributed by atoms with Crippen LogP contribution in [-0.2, 0) is 4.74 Å². The van der Waals surface area contributed by atoms with Gasteiger partial charge in [-0.15, -0.1) is 0 Å². The highest BCUT2D eigenvalue weighted by Gasteiger charge is 2.66. The fraction of sp³-hybridized carbons (Fsp3) is 1.00. The van der Waals surface area contributed by atoms with Gasteiger partial charge in [0.2, 0.25) is 0 Å². The van der Waals surface area contributed by atoms with Crippen LogP contribution in [0.4, 0.5) is 0 Å². The fourth-order valence-corrected chi connectivity index (χ4v) is 2.51. The number of nitrogens with one attached hydrogen (secondary N) is 1. The smallest absolute Gasteiger partial charge is 0.111 e. The van der Waals surface area contributed by atoms with E-state index < -0.39 is 0 Å². The Labute approximate surface area is 54.6 Å². The van der Waals surface area contributed by atoms with Crippen LogP contribution in [0.5, 0.6) is 0 Å². The lowest BCUT2D eigenvalue weighted by molar-refractivity contribution is 0.225. The lowest BCUT2D eigenvalue weighted by atomic mass is 10.00. The van der Waals surface area contributed by atoms with Gasteiger partial charge in [0.25, 0.3) is 0 Å². The van der Waals surface area contributed by atoms with Gasteiger partial charge in [-0.25, -0.2) is 0 Å². The minimum Gasteiger partial charge on any atom is -0.364 e. The third-order valence-electron chi connectivity index (χ3n) is 3.11. The lowest BCUT2D eigenvalue weighted by Gasteiger charge is -2.06. The molecule has 2 nitrogen and oxygen atoms in total. The topological polar surface area (TPSA) is 24.6 Å². The average Bonchev–Trinajstić information content (AvgIpc) is 2.30. The van der Waals surface area contributed by atoms with E-state index in [4.69, 9.17) is 4.74 Å². The first kappa shape index (κ1) is 4.69. The molecule has 1 aliphatic carbocycles. The first-order valence-corrected chi connectivity index (χ1v) is 3.80. The van der Waals surface area contributed by atoms with Gasteiger partial charge >= 0.3 is 0 Å². The van der Waals surface area contributed by atoms with E-state index in [9.17, 15) is 0 Å². The standard InChI is InChI=1S/C7H11NO/c1-2-6-7(9-6)4-8-3-5(1)7/h5-6,8H,1-4H2/t5-,6+,7-/m1/s1. The Morgan fingerprint density at radius 3 is 3.22 bits per heavy atom. The highest BCUT2D eigenvalue weighted by molar-refractivity contribution is 5.17. The minimum atomic E-state index is 0.361. The van der Waals surface area contributed by atoms with Crippen molar-refractivity contribution in [1.82, 2.24) is 5.32 Å². The second-order valence-electron chi connectivity index (χ2n) is 3.47. The van der Waals surface area contributed by atoms with Crippen LogP contribution in [0.3, 0.4) is 0 Å². The predicted octanol–water partition coefficient (Wildman–Crippen LogP) is 0.137. The molecule has 9 heavy (non-hydrogen) atoms. The number of hydrogen-bond acceptors (Lipinski definition) is 2. The fourth-order valence-electron chi connectivity index (χ4n) is 2.51. The molecule has 1 N–H and O–H groups in total. The van der Waals surface area contributed by atoms with Crippen molar-refractivity contribution in [2.75, 3.05) is 13.1 Å². The molecule has 3 fully saturated rings. The maximum atomic E-state index is 5.60. The molecule has 2 aliphatic heterocycles. The van der Waals surface area contributed by atoms with E-state index in [2.05, 4.69) is 5.32 Å². The molecule has 2 saturated heterocycles. The molecule has 0 aromatic heterocycles. The Kier molecular flexibility index (Phi) is 0.616. The van der Waals surface area contributed by atoms with Gasteiger partial charge in [0.15, 0.2) is 0 Å². The summed E-state index contributed by atoms with van der Waals surface area (Å²) in [5.74, 6) is 0.863. The molecule has 3 atom stereocenters. The third-order valence-corrected chi connectivity index (χ3v) is 3.11. The zero-order valence-electron chi connectivity index (χ0n) is 5.39. The molecule has 0 aromatic carbocycles. The quantitative estimate of drug-likeness (QED) is 0.466. The maximum absolute atomic E-state index is 5.60. The second kappa shape index (κ2) is 1.18. The first-order valence-electron chi connectivity index (χ1n) is 3.80. The van der Waals surface area contributed by atoms with Crippen LogP contribution in [-0.4, -0.2) is 24.8 Å². The summed E-state index contributed by atoms with van der Waals surface area (Å²) < 4.78 is 5.60. The molecule has 0 aromatic rings. The van der Waals surface area contributed by atoms with E-state index >= 15 is 0 Å². The summed E-state index contributed by atoms with van der Waals surface area (Å²) in [6.07, 6.45) is 3.38. The Morgan fingerprint density at radius 2 is 2.44 bits per heavy atom. The summed E-state index contributed by atoms with van der Waals surface area (Å²) in [5, 5.41) is 3.38. The van der Waals surface area contributed by atoms with Crippen LogP contribution in [0, 0.1) is 5.92 Å². The molecular weight excluding hydrogens is 114 g/mol. The highest BCUT2D eigenvalue weighted by Crippen LogP contribution is 2.55. The van der Waals surface area contributed by atoms with Crippen molar-refractivity contribution in [2.24, 2.45) is 5.92 Å². The van der Waals surface area contributed by atoms with E-state index in [1.807, 2.05) is 0 Å². The van der Waals surface area contributed by atoms with Gasteiger partial charge < -0.3 is 10.1 Å². The zero-order valence-corrected chi connectivity index (χ0v) is 5.39. The average molecular weight is 125 g/mol. The van der Waals surface area contributed by atoms with E-state index in [0.717, 1.165) is 12.5 Å². The Morgan fingerprint density at radius 1 is 1.44 bits per heavy atom. The van der Waals surface area contributed by atoms with Crippen molar-refractivity contribution in [2.45, 2.75) is 24.5 Å². The summed E-state index contributed by atoms with van der Waals surface area (Å²) in [6, 6.07) is 0. The van der Waals surface area contributed by atoms with Crippen molar-refractivity contribution in [3.63, 3.8) is 0 Å². The van der Waals surface area contributed by atoms with Crippen molar-refractivity contribution >= 4 is 0 Å². The van der Waals surface area contributed by atoms with Crippen LogP contribution in [0.1, 0.15) is 12.8 Å². The molecule has 1 spiro atoms. The Bertz CT molecular complexity index is 157. The van der Waals surface area contributed by atoms with Crippen LogP contribution in [0.15, 0.2) is 0 Å². The molecule has 50 valence electrons. The Balaban J connectivity index is 1.99. The van der Waals surface area contributed by atoms with Crippen LogP contribution < -0.4 is 5.32 Å². The molecule has 0 radical (unpaired) electrons. The molecule has 0 unspecified atom stereocenters. The third kappa shape index (κ3) is 0.383. The van der Waals surface area contributed by atoms with E-state index in [1.54, 1.807) is 0 Å². The van der Waals surface area contributed by atoms with Gasteiger partial charge in [0.05, 0.1) is 6.10 Å². The van der Waals surface area contributed by atoms with E-state index in [-0.39, 0.29) is 0 Å². The van der Waals surface area contributed by atoms with Crippen LogP contribution >= 0.6 is 0 Å². The predicted molar refractivity (Wildman–Crippen MR) is 33.2 cm³/mol. The van der Waals surface area contributed by atoms with Crippen LogP contribution in [0.2, 0.25) is 0 Å². The molecule has 2 heterocycles. The highest BCUT2D eigenvalue weighted by atomic mass is 16.6. The van der Waals surface area contributed by atoms with Crippen molar-refractivity contribution in [1.29, 1.82) is 0 Å². The molecule has 3 aliphatic rings. The van der Waals surface area contributed by atoms with Crippen molar-refractivity contribution in [3.8, 4) is 0 Å². The number of hydrogen-bond donors (Lipinski definition) is 1. The second-order valence-corrected chi connectivity index (χ2v) is 3.47. The summed E-state index contributed by atoms with van der Waals surface area (Å²) >= 11 is 0. The van der Waals surface area contributed by atoms with Gasteiger partial charge in [-0.2, -0.15) is 0 Å². The molecule has 0 amide bonds. The minimum absolute atomic E-state index is 0.361. The van der Waals surface area contributed by atoms with Gasteiger partial charge in [0, 0.05) is 19.0 Å². The van der Waals surface area contributed by atoms with Gasteiger partial charge in [-0.1, -0.05) is 0 Å². The SMILES string of the molecule is C1C[C@@H]2O[C@@]23CNC[C@@H]13. The summed E-state index contributed by atoms with van der Waals surface area (Å²) in [7, 11) is 0. The molecule has 3 rings (SSSR count). The normalized spacial score (nSPS) is 61.3. The largest absolute Gasteiger partial charge is 0.364 e. The van der Waals surface area contributed by atoms with Crippen LogP contribution in [0.25, 0.3) is 0 Å². The molecule has 1 saturated carbocycles. The van der Waals surface area contributed by atoms with E-state index in [0.29, 0.717) is 11.7 Å². The van der Waals surface area contributed by atoms with Crippen molar-refractivity contribution < 1.29 is 4.74 Å². The summed E-state index contributed by atoms with van der Waals surface area (Å²) in [4.78, 5) is 0. The number of ether oxygens (including phenoxy) is 1. The summed E-state index contributed by atoms with van der Waals surface area (Å²) in [6.45, 7) is 2.33. The molecule has 2 heteroatoms. The number of epoxide rings is 1. The Hall–Kier alpha value is -0.0800. The first-order chi connectivity index (χ1) is 4.42. The zero-order chi connectivity index (χ0) is 5.90. The molecule has 0 bridgehead atoms.